The van der Waals surface area contributed by atoms with Gasteiger partial charge in [0.15, 0.2) is 5.82 Å². The van der Waals surface area contributed by atoms with Crippen molar-refractivity contribution >= 4 is 23.5 Å². The van der Waals surface area contributed by atoms with Gasteiger partial charge >= 0.3 is 12.0 Å². The van der Waals surface area contributed by atoms with Crippen molar-refractivity contribution in [1.29, 1.82) is 0 Å². The predicted octanol–water partition coefficient (Wildman–Crippen LogP) is 1.96. The highest BCUT2D eigenvalue weighted by molar-refractivity contribution is 6.04. The number of aromatic carboxylic acids is 1. The summed E-state index contributed by atoms with van der Waals surface area (Å²) in [6, 6.07) is 2.32. The van der Waals surface area contributed by atoms with E-state index in [1.807, 2.05) is 0 Å². The van der Waals surface area contributed by atoms with E-state index in [2.05, 4.69) is 20.6 Å². The molecule has 0 aliphatic carbocycles. The second-order valence-electron chi connectivity index (χ2n) is 3.66. The summed E-state index contributed by atoms with van der Waals surface area (Å²) in [5.41, 5.74) is -0.375. The molecule has 0 fully saturated rings. The maximum absolute atomic E-state index is 13.0. The van der Waals surface area contributed by atoms with Crippen LogP contribution in [-0.4, -0.2) is 27.1 Å². The van der Waals surface area contributed by atoms with Gasteiger partial charge < -0.3 is 10.4 Å². The number of hydrogen-bond acceptors (Lipinski definition) is 4. The van der Waals surface area contributed by atoms with E-state index in [4.69, 9.17) is 5.11 Å². The van der Waals surface area contributed by atoms with Crippen molar-refractivity contribution in [3.8, 4) is 0 Å². The van der Waals surface area contributed by atoms with Crippen LogP contribution in [0.25, 0.3) is 0 Å². The highest BCUT2D eigenvalue weighted by Crippen LogP contribution is 2.17. The van der Waals surface area contributed by atoms with E-state index in [1.54, 1.807) is 0 Å². The molecular weight excluding hydrogens is 267 g/mol. The minimum atomic E-state index is -1.35. The quantitative estimate of drug-likeness (QED) is 0.794. The number of nitrogens with one attached hydrogen (secondary N) is 2. The third-order valence-corrected chi connectivity index (χ3v) is 2.26. The number of amides is 2. The molecule has 2 rings (SSSR count). The van der Waals surface area contributed by atoms with Gasteiger partial charge in [0.05, 0.1) is 17.4 Å². The van der Waals surface area contributed by atoms with E-state index in [0.717, 1.165) is 18.2 Å². The Hall–Kier alpha value is -3.03. The van der Waals surface area contributed by atoms with Crippen LogP contribution in [-0.2, 0) is 0 Å². The van der Waals surface area contributed by atoms with E-state index in [0.29, 0.717) is 0 Å². The lowest BCUT2D eigenvalue weighted by molar-refractivity contribution is 0.0697. The number of anilines is 2. The van der Waals surface area contributed by atoms with Crippen LogP contribution in [0.15, 0.2) is 36.8 Å². The zero-order valence-corrected chi connectivity index (χ0v) is 10.0. The van der Waals surface area contributed by atoms with Gasteiger partial charge in [0, 0.05) is 12.4 Å². The number of carboxylic acids is 1. The molecule has 1 heterocycles. The lowest BCUT2D eigenvalue weighted by Gasteiger charge is -2.09. The molecule has 3 N–H and O–H groups in total. The number of urea groups is 1. The fraction of sp³-hybridized carbons (Fsp3) is 0. The van der Waals surface area contributed by atoms with Crippen molar-refractivity contribution in [3.63, 3.8) is 0 Å². The Morgan fingerprint density at radius 2 is 2.00 bits per heavy atom. The van der Waals surface area contributed by atoms with Gasteiger partial charge in [-0.25, -0.2) is 19.0 Å². The molecule has 0 saturated carbocycles. The molecule has 1 aromatic carbocycles. The van der Waals surface area contributed by atoms with E-state index >= 15 is 0 Å². The fourth-order valence-electron chi connectivity index (χ4n) is 1.44. The number of carbonyl (C=O) groups is 2. The van der Waals surface area contributed by atoms with Crippen LogP contribution < -0.4 is 10.6 Å². The lowest BCUT2D eigenvalue weighted by Crippen LogP contribution is -2.21. The van der Waals surface area contributed by atoms with Crippen LogP contribution in [0.5, 0.6) is 0 Å². The van der Waals surface area contributed by atoms with Crippen molar-refractivity contribution < 1.29 is 19.1 Å². The average Bonchev–Trinajstić information content (AvgIpc) is 2.41. The molecule has 2 amide bonds. The number of carbonyl (C=O) groups excluding carboxylic acids is 1. The first kappa shape index (κ1) is 13.4. The molecule has 0 atom stereocenters. The van der Waals surface area contributed by atoms with Crippen molar-refractivity contribution in [2.24, 2.45) is 0 Å². The standard InChI is InChI=1S/C12H9FN4O3/c13-7-1-2-9(8(5-7)11(18)19)16-12(20)17-10-6-14-3-4-15-10/h1-6H,(H,18,19)(H2,15,16,17,20). The van der Waals surface area contributed by atoms with Gasteiger partial charge in [0.25, 0.3) is 0 Å². The first-order chi connectivity index (χ1) is 9.56. The molecule has 102 valence electrons. The van der Waals surface area contributed by atoms with Crippen molar-refractivity contribution in [3.05, 3.63) is 48.2 Å². The number of aromatic nitrogens is 2. The molecular formula is C12H9FN4O3. The number of nitrogens with zero attached hydrogens (tertiary/aromatic N) is 2. The molecule has 1 aromatic heterocycles. The Morgan fingerprint density at radius 3 is 2.65 bits per heavy atom. The van der Waals surface area contributed by atoms with E-state index in [1.165, 1.54) is 18.6 Å². The van der Waals surface area contributed by atoms with Crippen LogP contribution >= 0.6 is 0 Å². The van der Waals surface area contributed by atoms with Gasteiger partial charge in [-0.2, -0.15) is 0 Å². The van der Waals surface area contributed by atoms with Gasteiger partial charge in [0.2, 0.25) is 0 Å². The predicted molar refractivity (Wildman–Crippen MR) is 68.0 cm³/mol. The molecule has 0 unspecified atom stereocenters. The molecule has 8 heteroatoms. The third kappa shape index (κ3) is 3.25. The van der Waals surface area contributed by atoms with E-state index in [-0.39, 0.29) is 17.1 Å². The van der Waals surface area contributed by atoms with Crippen LogP contribution in [0.4, 0.5) is 20.7 Å². The number of carboxylic acid groups (broad SMARTS) is 1. The Kier molecular flexibility index (Phi) is 3.85. The topological polar surface area (TPSA) is 104 Å². The van der Waals surface area contributed by atoms with Crippen LogP contribution in [0.2, 0.25) is 0 Å². The summed E-state index contributed by atoms with van der Waals surface area (Å²) in [6.45, 7) is 0. The normalized spacial score (nSPS) is 9.85. The molecule has 0 saturated heterocycles. The molecule has 2 aromatic rings. The Morgan fingerprint density at radius 1 is 1.20 bits per heavy atom. The first-order valence-corrected chi connectivity index (χ1v) is 5.43. The monoisotopic (exact) mass is 276 g/mol. The molecule has 0 radical (unpaired) electrons. The van der Waals surface area contributed by atoms with Crippen molar-refractivity contribution in [2.75, 3.05) is 10.6 Å². The number of benzene rings is 1. The third-order valence-electron chi connectivity index (χ3n) is 2.26. The highest BCUT2D eigenvalue weighted by Gasteiger charge is 2.13. The molecule has 0 aliphatic heterocycles. The van der Waals surface area contributed by atoms with Crippen molar-refractivity contribution in [2.45, 2.75) is 0 Å². The summed E-state index contributed by atoms with van der Waals surface area (Å²) in [5.74, 6) is -1.86. The van der Waals surface area contributed by atoms with Crippen molar-refractivity contribution in [1.82, 2.24) is 9.97 Å². The maximum atomic E-state index is 13.0. The molecule has 20 heavy (non-hydrogen) atoms. The molecule has 0 aliphatic rings. The highest BCUT2D eigenvalue weighted by atomic mass is 19.1. The zero-order valence-electron chi connectivity index (χ0n) is 10.0. The maximum Gasteiger partial charge on any atom is 0.337 e. The van der Waals surface area contributed by atoms with Gasteiger partial charge in [-0.15, -0.1) is 0 Å². The summed E-state index contributed by atoms with van der Waals surface area (Å²) in [6.07, 6.45) is 4.14. The zero-order chi connectivity index (χ0) is 14.5. The van der Waals surface area contributed by atoms with Gasteiger partial charge in [-0.05, 0) is 18.2 Å². The molecule has 7 nitrogen and oxygen atoms in total. The van der Waals surface area contributed by atoms with E-state index < -0.39 is 17.8 Å². The summed E-state index contributed by atoms with van der Waals surface area (Å²) in [4.78, 5) is 30.2. The second kappa shape index (κ2) is 5.74. The van der Waals surface area contributed by atoms with Crippen LogP contribution in [0.3, 0.4) is 0 Å². The minimum absolute atomic E-state index is 0.0275. The summed E-state index contributed by atoms with van der Waals surface area (Å²) >= 11 is 0. The first-order valence-electron chi connectivity index (χ1n) is 5.43. The van der Waals surface area contributed by atoms with Gasteiger partial charge in [-0.3, -0.25) is 10.3 Å². The fourth-order valence-corrected chi connectivity index (χ4v) is 1.44. The lowest BCUT2D eigenvalue weighted by atomic mass is 10.2. The largest absolute Gasteiger partial charge is 0.478 e. The number of rotatable bonds is 3. The Bertz CT molecular complexity index is 648. The summed E-state index contributed by atoms with van der Waals surface area (Å²) in [7, 11) is 0. The second-order valence-corrected chi connectivity index (χ2v) is 3.66. The SMILES string of the molecule is O=C(Nc1cnccn1)Nc1ccc(F)cc1C(=O)O. The number of halogens is 1. The Balaban J connectivity index is 2.14. The number of hydrogen-bond donors (Lipinski definition) is 3. The summed E-state index contributed by atoms with van der Waals surface area (Å²) in [5, 5.41) is 13.6. The Labute approximate surface area is 112 Å². The van der Waals surface area contributed by atoms with Gasteiger partial charge in [-0.1, -0.05) is 0 Å². The van der Waals surface area contributed by atoms with E-state index in [9.17, 15) is 14.0 Å². The smallest absolute Gasteiger partial charge is 0.337 e. The molecule has 0 spiro atoms. The van der Waals surface area contributed by atoms with Crippen LogP contribution in [0.1, 0.15) is 10.4 Å². The summed E-state index contributed by atoms with van der Waals surface area (Å²) < 4.78 is 13.0. The van der Waals surface area contributed by atoms with Gasteiger partial charge in [0.1, 0.15) is 5.82 Å². The minimum Gasteiger partial charge on any atom is -0.478 e. The molecule has 0 bridgehead atoms. The average molecular weight is 276 g/mol. The van der Waals surface area contributed by atoms with Crippen LogP contribution in [0, 0.1) is 5.82 Å².